The van der Waals surface area contributed by atoms with Gasteiger partial charge in [0, 0.05) is 12.7 Å². The van der Waals surface area contributed by atoms with E-state index in [0.29, 0.717) is 13.1 Å². The van der Waals surface area contributed by atoms with E-state index in [4.69, 9.17) is 4.74 Å². The minimum absolute atomic E-state index is 0.300. The molecule has 1 heterocycles. The summed E-state index contributed by atoms with van der Waals surface area (Å²) in [4.78, 5) is 17.7. The van der Waals surface area contributed by atoms with Gasteiger partial charge >= 0.3 is 6.09 Å². The summed E-state index contributed by atoms with van der Waals surface area (Å²) < 4.78 is 5.32. The van der Waals surface area contributed by atoms with E-state index in [1.54, 1.807) is 11.1 Å². The van der Waals surface area contributed by atoms with E-state index < -0.39 is 5.60 Å². The molecule has 4 heteroatoms. The van der Waals surface area contributed by atoms with Crippen LogP contribution in [0.2, 0.25) is 0 Å². The molecule has 0 aliphatic rings. The maximum atomic E-state index is 11.9. The van der Waals surface area contributed by atoms with Crippen molar-refractivity contribution >= 4 is 6.09 Å². The number of hydrogen-bond donors (Lipinski definition) is 0. The van der Waals surface area contributed by atoms with Crippen LogP contribution in [0.4, 0.5) is 4.79 Å². The van der Waals surface area contributed by atoms with Gasteiger partial charge in [0.25, 0.3) is 0 Å². The highest BCUT2D eigenvalue weighted by atomic mass is 16.6. The van der Waals surface area contributed by atoms with Gasteiger partial charge in [-0.3, -0.25) is 4.98 Å². The van der Waals surface area contributed by atoms with Crippen molar-refractivity contribution in [3.8, 4) is 0 Å². The van der Waals surface area contributed by atoms with Gasteiger partial charge in [-0.1, -0.05) is 6.07 Å². The number of amides is 1. The molecule has 0 saturated carbocycles. The lowest BCUT2D eigenvalue weighted by molar-refractivity contribution is 0.0242. The van der Waals surface area contributed by atoms with Crippen molar-refractivity contribution in [3.05, 3.63) is 30.1 Å². The molecule has 0 saturated heterocycles. The van der Waals surface area contributed by atoms with E-state index in [2.05, 4.69) is 4.98 Å². The van der Waals surface area contributed by atoms with Crippen LogP contribution in [0.1, 0.15) is 33.4 Å². The molecule has 0 bridgehead atoms. The minimum Gasteiger partial charge on any atom is -0.444 e. The number of hydrogen-bond acceptors (Lipinski definition) is 3. The standard InChI is InChI=1S/C13H20N2O2/c1-5-15(12(16)17-13(2,3)4)10-11-8-6-7-9-14-11/h6-9H,5,10H2,1-4H3. The van der Waals surface area contributed by atoms with Crippen molar-refractivity contribution in [2.24, 2.45) is 0 Å². The average Bonchev–Trinajstić information content (AvgIpc) is 2.24. The van der Waals surface area contributed by atoms with Crippen LogP contribution in [0.15, 0.2) is 24.4 Å². The predicted molar refractivity (Wildman–Crippen MR) is 66.6 cm³/mol. The molecule has 0 atom stereocenters. The second kappa shape index (κ2) is 5.66. The number of pyridine rings is 1. The zero-order chi connectivity index (χ0) is 12.9. The van der Waals surface area contributed by atoms with Crippen molar-refractivity contribution in [2.75, 3.05) is 6.54 Å². The van der Waals surface area contributed by atoms with Gasteiger partial charge in [0.05, 0.1) is 12.2 Å². The molecule has 0 spiro atoms. The Bertz CT molecular complexity index is 357. The second-order valence-corrected chi connectivity index (χ2v) is 4.82. The summed E-state index contributed by atoms with van der Waals surface area (Å²) in [5, 5.41) is 0. The first-order valence-corrected chi connectivity index (χ1v) is 5.80. The SMILES string of the molecule is CCN(Cc1ccccn1)C(=O)OC(C)(C)C. The summed E-state index contributed by atoms with van der Waals surface area (Å²) in [5.41, 5.74) is 0.398. The van der Waals surface area contributed by atoms with E-state index in [0.717, 1.165) is 5.69 Å². The first-order chi connectivity index (χ1) is 7.92. The van der Waals surface area contributed by atoms with Crippen LogP contribution in [0.25, 0.3) is 0 Å². The van der Waals surface area contributed by atoms with Crippen LogP contribution in [0.3, 0.4) is 0 Å². The number of nitrogens with zero attached hydrogens (tertiary/aromatic N) is 2. The molecule has 1 aromatic heterocycles. The molecule has 0 N–H and O–H groups in total. The number of ether oxygens (including phenoxy) is 1. The van der Waals surface area contributed by atoms with Crippen molar-refractivity contribution < 1.29 is 9.53 Å². The Kier molecular flexibility index (Phi) is 4.49. The van der Waals surface area contributed by atoms with E-state index in [-0.39, 0.29) is 6.09 Å². The van der Waals surface area contributed by atoms with Crippen molar-refractivity contribution in [1.82, 2.24) is 9.88 Å². The van der Waals surface area contributed by atoms with E-state index in [9.17, 15) is 4.79 Å². The summed E-state index contributed by atoms with van der Waals surface area (Å²) in [5.74, 6) is 0. The van der Waals surface area contributed by atoms with Gasteiger partial charge in [-0.05, 0) is 39.8 Å². The summed E-state index contributed by atoms with van der Waals surface area (Å²) in [6.45, 7) is 8.59. The fourth-order valence-electron chi connectivity index (χ4n) is 1.32. The highest BCUT2D eigenvalue weighted by molar-refractivity contribution is 5.68. The number of aromatic nitrogens is 1. The molecule has 0 aliphatic carbocycles. The van der Waals surface area contributed by atoms with Gasteiger partial charge < -0.3 is 9.64 Å². The largest absolute Gasteiger partial charge is 0.444 e. The first kappa shape index (κ1) is 13.5. The normalized spacial score (nSPS) is 11.1. The molecule has 1 rings (SSSR count). The molecule has 1 amide bonds. The molecule has 0 fully saturated rings. The third-order valence-electron chi connectivity index (χ3n) is 2.11. The Hall–Kier alpha value is -1.58. The maximum absolute atomic E-state index is 11.9. The Morgan fingerprint density at radius 2 is 2.12 bits per heavy atom. The van der Waals surface area contributed by atoms with Crippen molar-refractivity contribution in [2.45, 2.75) is 39.8 Å². The van der Waals surface area contributed by atoms with Gasteiger partial charge in [0.1, 0.15) is 5.60 Å². The highest BCUT2D eigenvalue weighted by Crippen LogP contribution is 2.11. The molecule has 1 aromatic rings. The predicted octanol–water partition coefficient (Wildman–Crippen LogP) is 2.84. The van der Waals surface area contributed by atoms with Crippen LogP contribution in [-0.4, -0.2) is 28.1 Å². The van der Waals surface area contributed by atoms with E-state index in [1.165, 1.54) is 0 Å². The monoisotopic (exact) mass is 236 g/mol. The Morgan fingerprint density at radius 3 is 2.59 bits per heavy atom. The number of carbonyl (C=O) groups is 1. The van der Waals surface area contributed by atoms with Crippen LogP contribution in [-0.2, 0) is 11.3 Å². The fraction of sp³-hybridized carbons (Fsp3) is 0.538. The molecular formula is C13H20N2O2. The molecule has 4 nitrogen and oxygen atoms in total. The molecule has 0 aliphatic heterocycles. The highest BCUT2D eigenvalue weighted by Gasteiger charge is 2.21. The van der Waals surface area contributed by atoms with Gasteiger partial charge in [0.2, 0.25) is 0 Å². The van der Waals surface area contributed by atoms with Crippen molar-refractivity contribution in [3.63, 3.8) is 0 Å². The van der Waals surface area contributed by atoms with Crippen LogP contribution in [0.5, 0.6) is 0 Å². The summed E-state index contributed by atoms with van der Waals surface area (Å²) >= 11 is 0. The zero-order valence-electron chi connectivity index (χ0n) is 10.9. The van der Waals surface area contributed by atoms with Crippen LogP contribution in [0, 0.1) is 0 Å². The lowest BCUT2D eigenvalue weighted by Crippen LogP contribution is -2.36. The topological polar surface area (TPSA) is 42.4 Å². The van der Waals surface area contributed by atoms with Crippen LogP contribution >= 0.6 is 0 Å². The van der Waals surface area contributed by atoms with Crippen molar-refractivity contribution in [1.29, 1.82) is 0 Å². The Labute approximate surface area is 103 Å². The first-order valence-electron chi connectivity index (χ1n) is 5.80. The van der Waals surface area contributed by atoms with Crippen LogP contribution < -0.4 is 0 Å². The molecule has 0 unspecified atom stereocenters. The molecule has 94 valence electrons. The summed E-state index contributed by atoms with van der Waals surface area (Å²) in [7, 11) is 0. The van der Waals surface area contributed by atoms with Gasteiger partial charge in [0.15, 0.2) is 0 Å². The maximum Gasteiger partial charge on any atom is 0.410 e. The zero-order valence-corrected chi connectivity index (χ0v) is 10.9. The number of rotatable bonds is 3. The lowest BCUT2D eigenvalue weighted by Gasteiger charge is -2.26. The number of carbonyl (C=O) groups excluding carboxylic acids is 1. The summed E-state index contributed by atoms with van der Waals surface area (Å²) in [6.07, 6.45) is 1.42. The third-order valence-corrected chi connectivity index (χ3v) is 2.11. The minimum atomic E-state index is -0.464. The van der Waals surface area contributed by atoms with E-state index in [1.807, 2.05) is 45.9 Å². The molecular weight excluding hydrogens is 216 g/mol. The van der Waals surface area contributed by atoms with Gasteiger partial charge in [-0.15, -0.1) is 0 Å². The smallest absolute Gasteiger partial charge is 0.410 e. The van der Waals surface area contributed by atoms with E-state index >= 15 is 0 Å². The second-order valence-electron chi connectivity index (χ2n) is 4.82. The quantitative estimate of drug-likeness (QED) is 0.810. The van der Waals surface area contributed by atoms with Gasteiger partial charge in [-0.25, -0.2) is 4.79 Å². The lowest BCUT2D eigenvalue weighted by atomic mass is 10.2. The molecule has 0 radical (unpaired) electrons. The average molecular weight is 236 g/mol. The van der Waals surface area contributed by atoms with Gasteiger partial charge in [-0.2, -0.15) is 0 Å². The molecule has 0 aromatic carbocycles. The Balaban J connectivity index is 2.63. The fourth-order valence-corrected chi connectivity index (χ4v) is 1.32. The Morgan fingerprint density at radius 1 is 1.41 bits per heavy atom. The summed E-state index contributed by atoms with van der Waals surface area (Å²) in [6, 6.07) is 5.66. The third kappa shape index (κ3) is 4.85. The molecule has 17 heavy (non-hydrogen) atoms.